The second-order valence-corrected chi connectivity index (χ2v) is 6.40. The fourth-order valence-electron chi connectivity index (χ4n) is 1.63. The summed E-state index contributed by atoms with van der Waals surface area (Å²) in [4.78, 5) is 6.20. The van der Waals surface area contributed by atoms with Crippen LogP contribution in [0.4, 0.5) is 5.82 Å². The van der Waals surface area contributed by atoms with Gasteiger partial charge in [0.15, 0.2) is 0 Å². The van der Waals surface area contributed by atoms with E-state index in [1.807, 2.05) is 25.9 Å². The van der Waals surface area contributed by atoms with Gasteiger partial charge in [-0.15, -0.1) is 0 Å². The van der Waals surface area contributed by atoms with Crippen molar-refractivity contribution in [3.63, 3.8) is 0 Å². The second-order valence-electron chi connectivity index (χ2n) is 4.71. The molecule has 1 heterocycles. The van der Waals surface area contributed by atoms with E-state index in [4.69, 9.17) is 0 Å². The first-order valence-electron chi connectivity index (χ1n) is 6.16. The molecule has 2 N–H and O–H groups in total. The quantitative estimate of drug-likeness (QED) is 0.773. The molecule has 0 spiro atoms. The van der Waals surface area contributed by atoms with Gasteiger partial charge in [-0.3, -0.25) is 0 Å². The minimum absolute atomic E-state index is 0.127. The number of nitrogens with zero attached hydrogens (tertiary/aromatic N) is 2. The number of rotatable bonds is 7. The van der Waals surface area contributed by atoms with Crippen molar-refractivity contribution in [1.82, 2.24) is 14.6 Å². The molecule has 0 aliphatic rings. The van der Waals surface area contributed by atoms with E-state index in [0.717, 1.165) is 13.0 Å². The molecule has 1 rings (SSSR count). The zero-order chi connectivity index (χ0) is 14.5. The highest BCUT2D eigenvalue weighted by Crippen LogP contribution is 2.17. The van der Waals surface area contributed by atoms with E-state index in [9.17, 15) is 8.42 Å². The lowest BCUT2D eigenvalue weighted by atomic mass is 10.2. The lowest BCUT2D eigenvalue weighted by Crippen LogP contribution is -2.35. The van der Waals surface area contributed by atoms with Gasteiger partial charge in [0.2, 0.25) is 10.0 Å². The van der Waals surface area contributed by atoms with Crippen LogP contribution in [0.5, 0.6) is 0 Å². The zero-order valence-corrected chi connectivity index (χ0v) is 12.7. The molecule has 0 fully saturated rings. The maximum Gasteiger partial charge on any atom is 0.244 e. The van der Waals surface area contributed by atoms with Gasteiger partial charge in [-0.1, -0.05) is 0 Å². The van der Waals surface area contributed by atoms with Gasteiger partial charge in [0.05, 0.1) is 0 Å². The normalized spacial score (nSPS) is 13.5. The Morgan fingerprint density at radius 2 is 2.11 bits per heavy atom. The fourth-order valence-corrected chi connectivity index (χ4v) is 3.08. The molecular formula is C12H22N4O2S. The predicted molar refractivity (Wildman–Crippen MR) is 76.7 cm³/mol. The van der Waals surface area contributed by atoms with Crippen LogP contribution < -0.4 is 10.0 Å². The SMILES string of the molecule is CNc1ncccc1S(=O)(=O)NC(C)CCN(C)C. The summed E-state index contributed by atoms with van der Waals surface area (Å²) in [6.07, 6.45) is 2.31. The Bertz CT molecular complexity index is 502. The summed E-state index contributed by atoms with van der Waals surface area (Å²) in [7, 11) is 2.03. The zero-order valence-electron chi connectivity index (χ0n) is 11.8. The number of aromatic nitrogens is 1. The van der Waals surface area contributed by atoms with Crippen molar-refractivity contribution >= 4 is 15.8 Å². The highest BCUT2D eigenvalue weighted by Gasteiger charge is 2.21. The molecule has 0 amide bonds. The van der Waals surface area contributed by atoms with E-state index in [2.05, 4.69) is 15.0 Å². The molecule has 19 heavy (non-hydrogen) atoms. The molecule has 0 saturated carbocycles. The van der Waals surface area contributed by atoms with Crippen LogP contribution >= 0.6 is 0 Å². The van der Waals surface area contributed by atoms with Crippen molar-refractivity contribution in [1.29, 1.82) is 0 Å². The van der Waals surface area contributed by atoms with Gasteiger partial charge < -0.3 is 10.2 Å². The molecule has 1 aromatic rings. The molecule has 0 saturated heterocycles. The van der Waals surface area contributed by atoms with Crippen LogP contribution in [0.3, 0.4) is 0 Å². The third-order valence-electron chi connectivity index (χ3n) is 2.66. The van der Waals surface area contributed by atoms with E-state index < -0.39 is 10.0 Å². The van der Waals surface area contributed by atoms with Gasteiger partial charge in [0, 0.05) is 19.3 Å². The highest BCUT2D eigenvalue weighted by molar-refractivity contribution is 7.89. The molecule has 0 aliphatic heterocycles. The Hall–Kier alpha value is -1.18. The van der Waals surface area contributed by atoms with Crippen LogP contribution in [0.2, 0.25) is 0 Å². The van der Waals surface area contributed by atoms with Crippen LogP contribution in [0.15, 0.2) is 23.2 Å². The number of sulfonamides is 1. The lowest BCUT2D eigenvalue weighted by molar-refractivity contribution is 0.379. The third kappa shape index (κ3) is 4.77. The Morgan fingerprint density at radius 1 is 1.42 bits per heavy atom. The average Bonchev–Trinajstić information content (AvgIpc) is 2.35. The van der Waals surface area contributed by atoms with E-state index in [1.54, 1.807) is 25.4 Å². The first-order valence-corrected chi connectivity index (χ1v) is 7.65. The van der Waals surface area contributed by atoms with Gasteiger partial charge in [-0.2, -0.15) is 0 Å². The maximum atomic E-state index is 12.3. The second kappa shape index (κ2) is 6.83. The summed E-state index contributed by atoms with van der Waals surface area (Å²) in [5, 5.41) is 2.79. The minimum Gasteiger partial charge on any atom is -0.372 e. The van der Waals surface area contributed by atoms with Crippen molar-refractivity contribution in [2.24, 2.45) is 0 Å². The summed E-state index contributed by atoms with van der Waals surface area (Å²) in [5.41, 5.74) is 0. The summed E-state index contributed by atoms with van der Waals surface area (Å²) < 4.78 is 27.2. The van der Waals surface area contributed by atoms with Crippen LogP contribution in [-0.4, -0.2) is 52.0 Å². The molecule has 7 heteroatoms. The molecule has 108 valence electrons. The first-order chi connectivity index (χ1) is 8.86. The Morgan fingerprint density at radius 3 is 2.68 bits per heavy atom. The van der Waals surface area contributed by atoms with Crippen molar-refractivity contribution < 1.29 is 8.42 Å². The monoisotopic (exact) mass is 286 g/mol. The highest BCUT2D eigenvalue weighted by atomic mass is 32.2. The van der Waals surface area contributed by atoms with Gasteiger partial charge in [0.25, 0.3) is 0 Å². The standard InChI is InChI=1S/C12H22N4O2S/c1-10(7-9-16(3)4)15-19(17,18)11-6-5-8-14-12(11)13-2/h5-6,8,10,15H,7,9H2,1-4H3,(H,13,14). The summed E-state index contributed by atoms with van der Waals surface area (Å²) >= 11 is 0. The van der Waals surface area contributed by atoms with E-state index >= 15 is 0 Å². The maximum absolute atomic E-state index is 12.3. The van der Waals surface area contributed by atoms with E-state index in [-0.39, 0.29) is 10.9 Å². The van der Waals surface area contributed by atoms with Crippen LogP contribution in [0, 0.1) is 0 Å². The summed E-state index contributed by atoms with van der Waals surface area (Å²) in [5.74, 6) is 0.356. The number of hydrogen-bond donors (Lipinski definition) is 2. The number of anilines is 1. The number of nitrogens with one attached hydrogen (secondary N) is 2. The van der Waals surface area contributed by atoms with Crippen LogP contribution in [-0.2, 0) is 10.0 Å². The molecule has 0 bridgehead atoms. The number of hydrogen-bond acceptors (Lipinski definition) is 5. The number of pyridine rings is 1. The predicted octanol–water partition coefficient (Wildman–Crippen LogP) is 0.742. The lowest BCUT2D eigenvalue weighted by Gasteiger charge is -2.17. The molecule has 1 unspecified atom stereocenters. The molecule has 6 nitrogen and oxygen atoms in total. The molecule has 1 atom stereocenters. The molecule has 0 aliphatic carbocycles. The molecule has 0 radical (unpaired) electrons. The minimum atomic E-state index is -3.54. The topological polar surface area (TPSA) is 74.3 Å². The largest absolute Gasteiger partial charge is 0.372 e. The van der Waals surface area contributed by atoms with Gasteiger partial charge >= 0.3 is 0 Å². The van der Waals surface area contributed by atoms with E-state index in [1.165, 1.54) is 0 Å². The van der Waals surface area contributed by atoms with Gasteiger partial charge in [0.1, 0.15) is 10.7 Å². The van der Waals surface area contributed by atoms with Crippen molar-refractivity contribution in [2.45, 2.75) is 24.3 Å². The average molecular weight is 286 g/mol. The smallest absolute Gasteiger partial charge is 0.244 e. The Kier molecular flexibility index (Phi) is 5.71. The molecule has 1 aromatic heterocycles. The van der Waals surface area contributed by atoms with Crippen LogP contribution in [0.25, 0.3) is 0 Å². The van der Waals surface area contributed by atoms with Crippen molar-refractivity contribution in [3.05, 3.63) is 18.3 Å². The van der Waals surface area contributed by atoms with Crippen molar-refractivity contribution in [2.75, 3.05) is 33.0 Å². The van der Waals surface area contributed by atoms with E-state index in [0.29, 0.717) is 5.82 Å². The van der Waals surface area contributed by atoms with Crippen molar-refractivity contribution in [3.8, 4) is 0 Å². The fraction of sp³-hybridized carbons (Fsp3) is 0.583. The van der Waals surface area contributed by atoms with Crippen LogP contribution in [0.1, 0.15) is 13.3 Å². The third-order valence-corrected chi connectivity index (χ3v) is 4.28. The summed E-state index contributed by atoms with van der Waals surface area (Å²) in [6.45, 7) is 2.69. The first kappa shape index (κ1) is 15.9. The Labute approximate surface area is 115 Å². The Balaban J connectivity index is 2.81. The summed E-state index contributed by atoms with van der Waals surface area (Å²) in [6, 6.07) is 3.03. The molecule has 0 aromatic carbocycles. The van der Waals surface area contributed by atoms with Gasteiger partial charge in [-0.05, 0) is 46.1 Å². The molecular weight excluding hydrogens is 264 g/mol. The van der Waals surface area contributed by atoms with Gasteiger partial charge in [-0.25, -0.2) is 18.1 Å².